The lowest BCUT2D eigenvalue weighted by molar-refractivity contribution is -0.121. The SMILES string of the molecule is CCC(C)NC(=O)CCNC(=O)N(C)C(C)c1ccccc1OC. The summed E-state index contributed by atoms with van der Waals surface area (Å²) in [5.41, 5.74) is 0.937. The molecular formula is C18H29N3O3. The van der Waals surface area contributed by atoms with Gasteiger partial charge in [0.1, 0.15) is 5.75 Å². The lowest BCUT2D eigenvalue weighted by Gasteiger charge is -2.26. The number of urea groups is 1. The van der Waals surface area contributed by atoms with Gasteiger partial charge in [0.25, 0.3) is 0 Å². The van der Waals surface area contributed by atoms with Crippen LogP contribution in [0.1, 0.15) is 45.2 Å². The molecule has 2 unspecified atom stereocenters. The molecule has 6 heteroatoms. The van der Waals surface area contributed by atoms with Gasteiger partial charge in [0.2, 0.25) is 5.91 Å². The Kier molecular flexibility index (Phi) is 8.09. The van der Waals surface area contributed by atoms with Gasteiger partial charge in [-0.15, -0.1) is 0 Å². The summed E-state index contributed by atoms with van der Waals surface area (Å²) in [5.74, 6) is 0.697. The molecule has 2 atom stereocenters. The second-order valence-corrected chi connectivity index (χ2v) is 5.89. The Balaban J connectivity index is 2.51. The summed E-state index contributed by atoms with van der Waals surface area (Å²) in [6.07, 6.45) is 1.16. The molecule has 0 saturated carbocycles. The average molecular weight is 335 g/mol. The van der Waals surface area contributed by atoms with E-state index in [0.29, 0.717) is 6.54 Å². The van der Waals surface area contributed by atoms with Crippen LogP contribution < -0.4 is 15.4 Å². The zero-order valence-electron chi connectivity index (χ0n) is 15.3. The number of para-hydroxylation sites is 1. The van der Waals surface area contributed by atoms with Crippen LogP contribution in [0.25, 0.3) is 0 Å². The van der Waals surface area contributed by atoms with Crippen molar-refractivity contribution < 1.29 is 14.3 Å². The molecule has 0 fully saturated rings. The first kappa shape index (κ1) is 19.8. The fourth-order valence-electron chi connectivity index (χ4n) is 2.25. The third-order valence-corrected chi connectivity index (χ3v) is 4.14. The van der Waals surface area contributed by atoms with Crippen LogP contribution in [0.2, 0.25) is 0 Å². The van der Waals surface area contributed by atoms with Crippen molar-refractivity contribution in [2.45, 2.75) is 45.7 Å². The Morgan fingerprint density at radius 3 is 2.54 bits per heavy atom. The predicted octanol–water partition coefficient (Wildman–Crippen LogP) is 2.70. The molecule has 0 aliphatic rings. The molecule has 1 aromatic carbocycles. The standard InChI is InChI=1S/C18H29N3O3/c1-6-13(2)20-17(22)11-12-19-18(23)21(4)14(3)15-9-7-8-10-16(15)24-5/h7-10,13-14H,6,11-12H2,1-5H3,(H,19,23)(H,20,22). The van der Waals surface area contributed by atoms with Crippen LogP contribution in [0.15, 0.2) is 24.3 Å². The minimum absolute atomic E-state index is 0.0509. The van der Waals surface area contributed by atoms with Crippen molar-refractivity contribution in [1.29, 1.82) is 0 Å². The van der Waals surface area contributed by atoms with Gasteiger partial charge in [0.05, 0.1) is 13.2 Å². The monoisotopic (exact) mass is 335 g/mol. The van der Waals surface area contributed by atoms with Crippen molar-refractivity contribution in [2.75, 3.05) is 20.7 Å². The van der Waals surface area contributed by atoms with Crippen LogP contribution in [-0.2, 0) is 4.79 Å². The van der Waals surface area contributed by atoms with Crippen molar-refractivity contribution >= 4 is 11.9 Å². The molecule has 1 rings (SSSR count). The summed E-state index contributed by atoms with van der Waals surface area (Å²) < 4.78 is 5.35. The number of benzene rings is 1. The van der Waals surface area contributed by atoms with Crippen LogP contribution >= 0.6 is 0 Å². The highest BCUT2D eigenvalue weighted by molar-refractivity contribution is 5.78. The quantitative estimate of drug-likeness (QED) is 0.767. The maximum Gasteiger partial charge on any atom is 0.317 e. The number of rotatable bonds is 8. The number of methoxy groups -OCH3 is 1. The lowest BCUT2D eigenvalue weighted by atomic mass is 10.1. The zero-order valence-corrected chi connectivity index (χ0v) is 15.3. The summed E-state index contributed by atoms with van der Waals surface area (Å²) in [6, 6.07) is 7.41. The largest absolute Gasteiger partial charge is 0.496 e. The van der Waals surface area contributed by atoms with Gasteiger partial charge in [0.15, 0.2) is 0 Å². The van der Waals surface area contributed by atoms with E-state index in [4.69, 9.17) is 4.74 Å². The van der Waals surface area contributed by atoms with Gasteiger partial charge in [-0.05, 0) is 26.3 Å². The van der Waals surface area contributed by atoms with Crippen molar-refractivity contribution in [3.05, 3.63) is 29.8 Å². The molecule has 2 N–H and O–H groups in total. The van der Waals surface area contributed by atoms with Crippen LogP contribution in [0.4, 0.5) is 4.79 Å². The number of nitrogens with one attached hydrogen (secondary N) is 2. The molecule has 0 aliphatic heterocycles. The van der Waals surface area contributed by atoms with Gasteiger partial charge in [0, 0.05) is 31.6 Å². The van der Waals surface area contributed by atoms with E-state index >= 15 is 0 Å². The molecule has 1 aromatic rings. The normalized spacial score (nSPS) is 12.9. The van der Waals surface area contributed by atoms with Crippen molar-refractivity contribution in [2.24, 2.45) is 0 Å². The number of nitrogens with zero attached hydrogens (tertiary/aromatic N) is 1. The molecule has 0 aromatic heterocycles. The number of amides is 3. The van der Waals surface area contributed by atoms with E-state index in [2.05, 4.69) is 10.6 Å². The Bertz CT molecular complexity index is 548. The molecule has 6 nitrogen and oxygen atoms in total. The highest BCUT2D eigenvalue weighted by Gasteiger charge is 2.20. The van der Waals surface area contributed by atoms with E-state index in [-0.39, 0.29) is 30.4 Å². The highest BCUT2D eigenvalue weighted by atomic mass is 16.5. The van der Waals surface area contributed by atoms with E-state index in [1.54, 1.807) is 19.1 Å². The fourth-order valence-corrected chi connectivity index (χ4v) is 2.25. The van der Waals surface area contributed by atoms with Crippen molar-refractivity contribution in [1.82, 2.24) is 15.5 Å². The zero-order chi connectivity index (χ0) is 18.1. The third-order valence-electron chi connectivity index (χ3n) is 4.14. The molecule has 0 spiro atoms. The Morgan fingerprint density at radius 2 is 1.92 bits per heavy atom. The Labute approximate surface area is 144 Å². The summed E-state index contributed by atoms with van der Waals surface area (Å²) >= 11 is 0. The molecule has 0 radical (unpaired) electrons. The van der Waals surface area contributed by atoms with Gasteiger partial charge in [-0.3, -0.25) is 4.79 Å². The summed E-state index contributed by atoms with van der Waals surface area (Å²) in [5, 5.41) is 5.65. The lowest BCUT2D eigenvalue weighted by Crippen LogP contribution is -2.41. The molecule has 0 bridgehead atoms. The summed E-state index contributed by atoms with van der Waals surface area (Å²) in [6.45, 7) is 6.22. The van der Waals surface area contributed by atoms with Gasteiger partial charge in [-0.25, -0.2) is 4.79 Å². The van der Waals surface area contributed by atoms with Crippen LogP contribution in [0.5, 0.6) is 5.75 Å². The van der Waals surface area contributed by atoms with E-state index in [9.17, 15) is 9.59 Å². The van der Waals surface area contributed by atoms with Gasteiger partial charge >= 0.3 is 6.03 Å². The smallest absolute Gasteiger partial charge is 0.317 e. The Hall–Kier alpha value is -2.24. The number of hydrogen-bond donors (Lipinski definition) is 2. The molecule has 134 valence electrons. The van der Waals surface area contributed by atoms with Crippen LogP contribution in [0.3, 0.4) is 0 Å². The molecule has 3 amide bonds. The summed E-state index contributed by atoms with van der Waals surface area (Å²) in [4.78, 5) is 25.6. The maximum atomic E-state index is 12.3. The second kappa shape index (κ2) is 9.80. The van der Waals surface area contributed by atoms with E-state index in [1.165, 1.54) is 0 Å². The number of carbonyl (C=O) groups is 2. The van der Waals surface area contributed by atoms with E-state index in [0.717, 1.165) is 17.7 Å². The average Bonchev–Trinajstić information content (AvgIpc) is 2.59. The van der Waals surface area contributed by atoms with Crippen LogP contribution in [-0.4, -0.2) is 43.6 Å². The molecule has 0 saturated heterocycles. The molecule has 0 heterocycles. The van der Waals surface area contributed by atoms with Gasteiger partial charge in [-0.2, -0.15) is 0 Å². The van der Waals surface area contributed by atoms with Gasteiger partial charge < -0.3 is 20.3 Å². The van der Waals surface area contributed by atoms with E-state index in [1.807, 2.05) is 45.0 Å². The number of ether oxygens (including phenoxy) is 1. The minimum Gasteiger partial charge on any atom is -0.496 e. The Morgan fingerprint density at radius 1 is 1.25 bits per heavy atom. The fraction of sp³-hybridized carbons (Fsp3) is 0.556. The number of hydrogen-bond acceptors (Lipinski definition) is 3. The summed E-state index contributed by atoms with van der Waals surface area (Å²) in [7, 11) is 3.34. The van der Waals surface area contributed by atoms with Crippen molar-refractivity contribution in [3.8, 4) is 5.75 Å². The third kappa shape index (κ3) is 5.76. The molecule has 24 heavy (non-hydrogen) atoms. The highest BCUT2D eigenvalue weighted by Crippen LogP contribution is 2.27. The van der Waals surface area contributed by atoms with E-state index < -0.39 is 0 Å². The molecule has 0 aliphatic carbocycles. The number of carbonyl (C=O) groups excluding carboxylic acids is 2. The minimum atomic E-state index is -0.218. The first-order valence-electron chi connectivity index (χ1n) is 8.33. The van der Waals surface area contributed by atoms with Crippen molar-refractivity contribution in [3.63, 3.8) is 0 Å². The first-order chi connectivity index (χ1) is 11.4. The first-order valence-corrected chi connectivity index (χ1v) is 8.33. The second-order valence-electron chi connectivity index (χ2n) is 5.89. The van der Waals surface area contributed by atoms with Crippen LogP contribution in [0, 0.1) is 0 Å². The maximum absolute atomic E-state index is 12.3. The van der Waals surface area contributed by atoms with Gasteiger partial charge in [-0.1, -0.05) is 25.1 Å². The predicted molar refractivity (Wildman–Crippen MR) is 95.1 cm³/mol. The molecular weight excluding hydrogens is 306 g/mol. The topological polar surface area (TPSA) is 70.7 Å².